The van der Waals surface area contributed by atoms with Crippen LogP contribution in [0.3, 0.4) is 0 Å². The summed E-state index contributed by atoms with van der Waals surface area (Å²) in [6, 6.07) is 12.0. The van der Waals surface area contributed by atoms with Gasteiger partial charge in [0.1, 0.15) is 0 Å². The van der Waals surface area contributed by atoms with Crippen molar-refractivity contribution in [2.24, 2.45) is 0 Å². The largest absolute Gasteiger partial charge is 0.366 e. The number of H-pyrrole nitrogens is 1. The fourth-order valence-corrected chi connectivity index (χ4v) is 2.88. The fourth-order valence-electron chi connectivity index (χ4n) is 2.24. The topological polar surface area (TPSA) is 32.9 Å². The highest BCUT2D eigenvalue weighted by Gasteiger charge is 2.17. The van der Waals surface area contributed by atoms with E-state index in [2.05, 4.69) is 4.98 Å². The van der Waals surface area contributed by atoms with E-state index < -0.39 is 0 Å². The van der Waals surface area contributed by atoms with Crippen LogP contribution in [0, 0.1) is 0 Å². The molecule has 0 fully saturated rings. The van der Waals surface area contributed by atoms with Crippen molar-refractivity contribution in [3.8, 4) is 11.1 Å². The minimum atomic E-state index is -0.0982. The second kappa shape index (κ2) is 6.17. The van der Waals surface area contributed by atoms with Crippen molar-refractivity contribution in [1.82, 2.24) is 4.98 Å². The maximum absolute atomic E-state index is 12.7. The molecule has 0 spiro atoms. The Balaban J connectivity index is 2.05. The van der Waals surface area contributed by atoms with Crippen LogP contribution in [0.25, 0.3) is 11.1 Å². The molecule has 2 nitrogen and oxygen atoms in total. The molecule has 5 heteroatoms. The number of aromatic amines is 1. The molecular weight excluding hydrogens is 341 g/mol. The normalized spacial score (nSPS) is 10.7. The summed E-state index contributed by atoms with van der Waals surface area (Å²) in [5.41, 5.74) is 2.60. The summed E-state index contributed by atoms with van der Waals surface area (Å²) < 4.78 is 0. The quantitative estimate of drug-likeness (QED) is 0.588. The molecule has 1 N–H and O–H groups in total. The molecule has 1 heterocycles. The Hall–Kier alpha value is -1.74. The van der Waals surface area contributed by atoms with Gasteiger partial charge in [-0.15, -0.1) is 0 Å². The number of hydrogen-bond donors (Lipinski definition) is 1. The summed E-state index contributed by atoms with van der Waals surface area (Å²) in [7, 11) is 0. The average molecular weight is 351 g/mol. The first-order chi connectivity index (χ1) is 10.6. The fraction of sp³-hybridized carbons (Fsp3) is 0. The number of rotatable bonds is 3. The van der Waals surface area contributed by atoms with Crippen LogP contribution in [0.4, 0.5) is 0 Å². The SMILES string of the molecule is O=C(c1ccc(Cl)cc1)c1c[nH]cc1-c1ccc(Cl)cc1Cl. The molecule has 0 aliphatic rings. The van der Waals surface area contributed by atoms with E-state index in [1.807, 2.05) is 0 Å². The van der Waals surface area contributed by atoms with Crippen molar-refractivity contribution in [3.05, 3.63) is 81.1 Å². The molecule has 0 aliphatic carbocycles. The highest BCUT2D eigenvalue weighted by atomic mass is 35.5. The predicted octanol–water partition coefficient (Wildman–Crippen LogP) is 5.87. The zero-order valence-corrected chi connectivity index (χ0v) is 13.5. The average Bonchev–Trinajstić information content (AvgIpc) is 2.96. The lowest BCUT2D eigenvalue weighted by Gasteiger charge is -2.06. The summed E-state index contributed by atoms with van der Waals surface area (Å²) in [4.78, 5) is 15.6. The van der Waals surface area contributed by atoms with E-state index in [0.717, 1.165) is 11.1 Å². The van der Waals surface area contributed by atoms with Gasteiger partial charge >= 0.3 is 0 Å². The van der Waals surface area contributed by atoms with Crippen molar-refractivity contribution < 1.29 is 4.79 Å². The minimum absolute atomic E-state index is 0.0982. The lowest BCUT2D eigenvalue weighted by atomic mass is 9.98. The van der Waals surface area contributed by atoms with Crippen molar-refractivity contribution in [1.29, 1.82) is 0 Å². The zero-order chi connectivity index (χ0) is 15.7. The molecule has 3 aromatic rings. The number of carbonyl (C=O) groups is 1. The van der Waals surface area contributed by atoms with Crippen LogP contribution in [0.15, 0.2) is 54.9 Å². The molecule has 0 aliphatic heterocycles. The molecule has 0 amide bonds. The van der Waals surface area contributed by atoms with Gasteiger partial charge in [-0.05, 0) is 36.4 Å². The van der Waals surface area contributed by atoms with E-state index >= 15 is 0 Å². The molecule has 2 aromatic carbocycles. The molecule has 0 bridgehead atoms. The van der Waals surface area contributed by atoms with Gasteiger partial charge in [0, 0.05) is 49.7 Å². The summed E-state index contributed by atoms with van der Waals surface area (Å²) >= 11 is 18.0. The van der Waals surface area contributed by atoms with E-state index in [0.29, 0.717) is 26.2 Å². The first-order valence-electron chi connectivity index (χ1n) is 6.49. The third kappa shape index (κ3) is 2.91. The predicted molar refractivity (Wildman–Crippen MR) is 91.1 cm³/mol. The number of halogens is 3. The maximum Gasteiger partial charge on any atom is 0.195 e. The van der Waals surface area contributed by atoms with Crippen LogP contribution in [-0.2, 0) is 0 Å². The molecule has 3 rings (SSSR count). The molecule has 0 unspecified atom stereocenters. The van der Waals surface area contributed by atoms with Gasteiger partial charge in [-0.2, -0.15) is 0 Å². The minimum Gasteiger partial charge on any atom is -0.366 e. The summed E-state index contributed by atoms with van der Waals surface area (Å²) in [6.45, 7) is 0. The molecule has 0 saturated heterocycles. The van der Waals surface area contributed by atoms with Gasteiger partial charge in [0.15, 0.2) is 5.78 Å². The summed E-state index contributed by atoms with van der Waals surface area (Å²) in [5, 5.41) is 1.64. The molecule has 0 radical (unpaired) electrons. The van der Waals surface area contributed by atoms with Gasteiger partial charge in [-0.3, -0.25) is 4.79 Å². The highest BCUT2D eigenvalue weighted by Crippen LogP contribution is 2.33. The van der Waals surface area contributed by atoms with Gasteiger partial charge in [0.2, 0.25) is 0 Å². The van der Waals surface area contributed by atoms with Crippen LogP contribution in [0.1, 0.15) is 15.9 Å². The van der Waals surface area contributed by atoms with E-state index in [4.69, 9.17) is 34.8 Å². The van der Waals surface area contributed by atoms with Gasteiger partial charge in [-0.1, -0.05) is 40.9 Å². The van der Waals surface area contributed by atoms with Crippen molar-refractivity contribution >= 4 is 40.6 Å². The first-order valence-corrected chi connectivity index (χ1v) is 7.62. The number of ketones is 1. The Morgan fingerprint density at radius 1 is 0.818 bits per heavy atom. The third-order valence-electron chi connectivity index (χ3n) is 3.32. The zero-order valence-electron chi connectivity index (χ0n) is 11.2. The monoisotopic (exact) mass is 349 g/mol. The van der Waals surface area contributed by atoms with Gasteiger partial charge < -0.3 is 4.98 Å². The third-order valence-corrected chi connectivity index (χ3v) is 4.12. The van der Waals surface area contributed by atoms with Crippen LogP contribution in [0.2, 0.25) is 15.1 Å². The Labute approximate surface area is 142 Å². The Morgan fingerprint density at radius 2 is 1.50 bits per heavy atom. The molecule has 110 valence electrons. The molecule has 0 saturated carbocycles. The van der Waals surface area contributed by atoms with Crippen LogP contribution >= 0.6 is 34.8 Å². The number of hydrogen-bond acceptors (Lipinski definition) is 1. The maximum atomic E-state index is 12.7. The Bertz CT molecular complexity index is 837. The van der Waals surface area contributed by atoms with Crippen molar-refractivity contribution in [2.75, 3.05) is 0 Å². The molecule has 22 heavy (non-hydrogen) atoms. The van der Waals surface area contributed by atoms with Gasteiger partial charge in [-0.25, -0.2) is 0 Å². The van der Waals surface area contributed by atoms with Crippen molar-refractivity contribution in [2.45, 2.75) is 0 Å². The lowest BCUT2D eigenvalue weighted by molar-refractivity contribution is 0.103. The standard InChI is InChI=1S/C17H10Cl3NO/c18-11-3-1-10(2-4-11)17(22)15-9-21-8-14(15)13-6-5-12(19)7-16(13)20/h1-9,21H. The van der Waals surface area contributed by atoms with Gasteiger partial charge in [0.25, 0.3) is 0 Å². The van der Waals surface area contributed by atoms with Crippen LogP contribution in [0.5, 0.6) is 0 Å². The van der Waals surface area contributed by atoms with E-state index in [9.17, 15) is 4.79 Å². The molecule has 1 aromatic heterocycles. The van der Waals surface area contributed by atoms with E-state index in [1.54, 1.807) is 54.9 Å². The molecule has 0 atom stereocenters. The Kier molecular flexibility index (Phi) is 4.25. The first kappa shape index (κ1) is 15.2. The number of benzene rings is 2. The number of nitrogens with one attached hydrogen (secondary N) is 1. The van der Waals surface area contributed by atoms with Gasteiger partial charge in [0.05, 0.1) is 0 Å². The summed E-state index contributed by atoms with van der Waals surface area (Å²) in [6.07, 6.45) is 3.41. The van der Waals surface area contributed by atoms with E-state index in [-0.39, 0.29) is 5.78 Å². The number of aromatic nitrogens is 1. The second-order valence-electron chi connectivity index (χ2n) is 4.74. The summed E-state index contributed by atoms with van der Waals surface area (Å²) in [5.74, 6) is -0.0982. The van der Waals surface area contributed by atoms with E-state index in [1.165, 1.54) is 0 Å². The molecular formula is C17H10Cl3NO. The highest BCUT2D eigenvalue weighted by molar-refractivity contribution is 6.36. The smallest absolute Gasteiger partial charge is 0.195 e. The lowest BCUT2D eigenvalue weighted by Crippen LogP contribution is -2.01. The van der Waals surface area contributed by atoms with Crippen LogP contribution < -0.4 is 0 Å². The second-order valence-corrected chi connectivity index (χ2v) is 6.02. The Morgan fingerprint density at radius 3 is 2.18 bits per heavy atom. The van der Waals surface area contributed by atoms with Crippen LogP contribution in [-0.4, -0.2) is 10.8 Å². The number of carbonyl (C=O) groups excluding carboxylic acids is 1. The van der Waals surface area contributed by atoms with Crippen molar-refractivity contribution in [3.63, 3.8) is 0 Å².